The number of hydrogen-bond acceptors (Lipinski definition) is 6. The Balaban J connectivity index is 1.98. The van der Waals surface area contributed by atoms with Crippen LogP contribution in [0.2, 0.25) is 5.15 Å². The van der Waals surface area contributed by atoms with Crippen LogP contribution < -0.4 is 15.5 Å². The van der Waals surface area contributed by atoms with Gasteiger partial charge in [-0.25, -0.2) is 14.8 Å². The van der Waals surface area contributed by atoms with Crippen molar-refractivity contribution in [1.82, 2.24) is 25.5 Å². The van der Waals surface area contributed by atoms with Gasteiger partial charge in [0.05, 0.1) is 5.75 Å². The fraction of sp³-hybridized carbons (Fsp3) is 0.700. The van der Waals surface area contributed by atoms with Gasteiger partial charge in [-0.3, -0.25) is 4.79 Å². The largest absolute Gasteiger partial charge is 0.353 e. The Kier molecular flexibility index (Phi) is 9.03. The van der Waals surface area contributed by atoms with E-state index in [4.69, 9.17) is 11.6 Å². The molecular weight excluding hydrogens is 424 g/mol. The van der Waals surface area contributed by atoms with Crippen LogP contribution in [0, 0.1) is 5.92 Å². The molecule has 2 N–H and O–H groups in total. The first-order chi connectivity index (χ1) is 14.1. The molecule has 2 rings (SSSR count). The first-order valence-corrected chi connectivity index (χ1v) is 11.7. The molecule has 2 atom stereocenters. The minimum Gasteiger partial charge on any atom is -0.353 e. The quantitative estimate of drug-likeness (QED) is 0.372. The Hall–Kier alpha value is -1.74. The lowest BCUT2D eigenvalue weighted by Crippen LogP contribution is -2.57. The first kappa shape index (κ1) is 24.5. The van der Waals surface area contributed by atoms with Crippen molar-refractivity contribution in [3.63, 3.8) is 0 Å². The van der Waals surface area contributed by atoms with Crippen LogP contribution in [0.3, 0.4) is 0 Å². The van der Waals surface area contributed by atoms with Crippen molar-refractivity contribution in [3.8, 4) is 0 Å². The van der Waals surface area contributed by atoms with Gasteiger partial charge in [-0.2, -0.15) is 0 Å². The number of urea groups is 1. The van der Waals surface area contributed by atoms with E-state index in [0.717, 1.165) is 0 Å². The zero-order chi connectivity index (χ0) is 22.4. The van der Waals surface area contributed by atoms with Gasteiger partial charge in [0, 0.05) is 43.8 Å². The Morgan fingerprint density at radius 2 is 1.90 bits per heavy atom. The molecule has 0 bridgehead atoms. The lowest BCUT2D eigenvalue weighted by atomic mass is 10.1. The fourth-order valence-corrected chi connectivity index (χ4v) is 3.89. The second-order valence-corrected chi connectivity index (χ2v) is 9.64. The summed E-state index contributed by atoms with van der Waals surface area (Å²) in [4.78, 5) is 37.3. The molecule has 1 aromatic heterocycles. The van der Waals surface area contributed by atoms with Crippen LogP contribution in [0.4, 0.5) is 10.6 Å². The molecule has 0 radical (unpaired) electrons. The molecule has 1 aliphatic rings. The van der Waals surface area contributed by atoms with Gasteiger partial charge >= 0.3 is 6.03 Å². The highest BCUT2D eigenvalue weighted by atomic mass is 35.5. The van der Waals surface area contributed by atoms with E-state index >= 15 is 0 Å². The minimum absolute atomic E-state index is 0.0330. The Bertz CT molecular complexity index is 748. The van der Waals surface area contributed by atoms with E-state index in [9.17, 15) is 9.59 Å². The molecule has 1 aliphatic heterocycles. The van der Waals surface area contributed by atoms with E-state index in [1.165, 1.54) is 11.8 Å². The highest BCUT2D eigenvalue weighted by Gasteiger charge is 2.28. The van der Waals surface area contributed by atoms with Crippen LogP contribution in [0.5, 0.6) is 0 Å². The van der Waals surface area contributed by atoms with Gasteiger partial charge in [0.25, 0.3) is 0 Å². The zero-order valence-corrected chi connectivity index (χ0v) is 20.2. The Morgan fingerprint density at radius 1 is 1.20 bits per heavy atom. The minimum atomic E-state index is -0.0512. The number of hydrogen-bond donors (Lipinski definition) is 2. The molecule has 1 saturated heterocycles. The second kappa shape index (κ2) is 11.0. The number of carbonyl (C=O) groups excluding carboxylic acids is 2. The monoisotopic (exact) mass is 456 g/mol. The molecule has 8 nitrogen and oxygen atoms in total. The first-order valence-electron chi connectivity index (χ1n) is 10.4. The predicted octanol–water partition coefficient (Wildman–Crippen LogP) is 3.01. The van der Waals surface area contributed by atoms with Crippen LogP contribution in [-0.2, 0) is 4.79 Å². The Labute approximate surface area is 188 Å². The summed E-state index contributed by atoms with van der Waals surface area (Å²) in [6, 6.07) is 1.92. The van der Waals surface area contributed by atoms with Crippen LogP contribution in [0.1, 0.15) is 41.5 Å². The third-order valence-electron chi connectivity index (χ3n) is 5.01. The maximum atomic E-state index is 12.3. The average Bonchev–Trinajstić information content (AvgIpc) is 2.65. The molecule has 2 unspecified atom stereocenters. The van der Waals surface area contributed by atoms with Crippen molar-refractivity contribution in [2.24, 2.45) is 5.92 Å². The maximum absolute atomic E-state index is 12.3. The lowest BCUT2D eigenvalue weighted by Gasteiger charge is -2.40. The summed E-state index contributed by atoms with van der Waals surface area (Å²) in [6.07, 6.45) is 0. The van der Waals surface area contributed by atoms with Crippen molar-refractivity contribution >= 4 is 41.1 Å². The normalized spacial score (nSPS) is 18.0. The van der Waals surface area contributed by atoms with E-state index in [2.05, 4.69) is 39.3 Å². The summed E-state index contributed by atoms with van der Waals surface area (Å²) in [5.41, 5.74) is 0. The molecule has 0 aromatic carbocycles. The van der Waals surface area contributed by atoms with E-state index in [1.54, 1.807) is 6.07 Å². The molecule has 0 saturated carbocycles. The molecule has 10 heteroatoms. The number of anilines is 1. The van der Waals surface area contributed by atoms with E-state index in [1.807, 2.05) is 32.6 Å². The van der Waals surface area contributed by atoms with Gasteiger partial charge in [0.1, 0.15) is 11.0 Å². The third kappa shape index (κ3) is 7.19. The van der Waals surface area contributed by atoms with Crippen molar-refractivity contribution < 1.29 is 9.59 Å². The number of amides is 3. The van der Waals surface area contributed by atoms with Crippen LogP contribution >= 0.6 is 23.4 Å². The smallest absolute Gasteiger partial charge is 0.317 e. The number of piperazine rings is 1. The number of nitrogens with zero attached hydrogens (tertiary/aromatic N) is 4. The number of thioether (sulfide) groups is 1. The summed E-state index contributed by atoms with van der Waals surface area (Å²) < 4.78 is 0. The van der Waals surface area contributed by atoms with Gasteiger partial charge in [-0.05, 0) is 33.6 Å². The topological polar surface area (TPSA) is 90.5 Å². The van der Waals surface area contributed by atoms with Gasteiger partial charge in [-0.1, -0.05) is 37.2 Å². The number of aromatic nitrogens is 2. The van der Waals surface area contributed by atoms with Crippen molar-refractivity contribution in [1.29, 1.82) is 0 Å². The fourth-order valence-electron chi connectivity index (χ4n) is 3.00. The summed E-state index contributed by atoms with van der Waals surface area (Å²) in [6.45, 7) is 13.9. The molecule has 3 amide bonds. The molecule has 2 heterocycles. The summed E-state index contributed by atoms with van der Waals surface area (Å²) in [7, 11) is 0. The number of rotatable bonds is 7. The molecule has 1 fully saturated rings. The van der Waals surface area contributed by atoms with Gasteiger partial charge in [0.15, 0.2) is 5.16 Å². The zero-order valence-electron chi connectivity index (χ0n) is 18.6. The average molecular weight is 457 g/mol. The predicted molar refractivity (Wildman–Crippen MR) is 122 cm³/mol. The van der Waals surface area contributed by atoms with Gasteiger partial charge in [-0.15, -0.1) is 0 Å². The Morgan fingerprint density at radius 3 is 2.50 bits per heavy atom. The standard InChI is InChI=1S/C20H33ClN6O2S/c1-12(2)15(6)23-18(28)11-30-19-24-16(21)9-17(25-19)26-7-8-27(14(5)10-26)20(29)22-13(3)4/h9,12-15H,7-8,10-11H2,1-6H3,(H,22,29)(H,23,28). The van der Waals surface area contributed by atoms with Crippen LogP contribution in [0.25, 0.3) is 0 Å². The van der Waals surface area contributed by atoms with Crippen molar-refractivity contribution in [3.05, 3.63) is 11.2 Å². The third-order valence-corrected chi connectivity index (χ3v) is 6.05. The summed E-state index contributed by atoms with van der Waals surface area (Å²) >= 11 is 7.48. The van der Waals surface area contributed by atoms with E-state index in [0.29, 0.717) is 41.7 Å². The highest BCUT2D eigenvalue weighted by Crippen LogP contribution is 2.24. The molecule has 1 aromatic rings. The summed E-state index contributed by atoms with van der Waals surface area (Å²) in [5.74, 6) is 1.27. The van der Waals surface area contributed by atoms with E-state index in [-0.39, 0.29) is 35.8 Å². The molecule has 0 aliphatic carbocycles. The van der Waals surface area contributed by atoms with Crippen LogP contribution in [-0.4, -0.2) is 70.3 Å². The maximum Gasteiger partial charge on any atom is 0.317 e. The van der Waals surface area contributed by atoms with Crippen LogP contribution in [0.15, 0.2) is 11.2 Å². The van der Waals surface area contributed by atoms with Crippen molar-refractivity contribution in [2.45, 2.75) is 64.8 Å². The molecule has 30 heavy (non-hydrogen) atoms. The molecule has 168 valence electrons. The van der Waals surface area contributed by atoms with Crippen molar-refractivity contribution in [2.75, 3.05) is 30.3 Å². The lowest BCUT2D eigenvalue weighted by molar-refractivity contribution is -0.119. The number of nitrogens with one attached hydrogen (secondary N) is 2. The highest BCUT2D eigenvalue weighted by molar-refractivity contribution is 7.99. The second-order valence-electron chi connectivity index (χ2n) is 8.31. The number of carbonyl (C=O) groups is 2. The molecular formula is C20H33ClN6O2S. The number of halogens is 1. The molecule has 0 spiro atoms. The summed E-state index contributed by atoms with van der Waals surface area (Å²) in [5, 5.41) is 6.73. The van der Waals surface area contributed by atoms with Gasteiger partial charge in [0.2, 0.25) is 5.91 Å². The SMILES string of the molecule is CC(C)NC(=O)N1CCN(c2cc(Cl)nc(SCC(=O)NC(C)C(C)C)n2)CC1C. The van der Waals surface area contributed by atoms with E-state index < -0.39 is 0 Å². The van der Waals surface area contributed by atoms with Gasteiger partial charge < -0.3 is 20.4 Å².